The quantitative estimate of drug-likeness (QED) is 0.915. The van der Waals surface area contributed by atoms with Crippen LogP contribution in [0, 0.1) is 5.82 Å². The van der Waals surface area contributed by atoms with Crippen molar-refractivity contribution in [3.63, 3.8) is 0 Å². The van der Waals surface area contributed by atoms with E-state index in [0.29, 0.717) is 11.0 Å². The summed E-state index contributed by atoms with van der Waals surface area (Å²) in [5, 5.41) is 0.953. The Morgan fingerprint density at radius 1 is 1.50 bits per heavy atom. The minimum Gasteiger partial charge on any atom is -0.330 e. The van der Waals surface area contributed by atoms with Gasteiger partial charge in [-0.3, -0.25) is 0 Å². The number of aromatic nitrogens is 1. The molecule has 0 saturated carbocycles. The second-order valence-electron chi connectivity index (χ2n) is 2.88. The third-order valence-electron chi connectivity index (χ3n) is 1.82. The van der Waals surface area contributed by atoms with Gasteiger partial charge in [-0.1, -0.05) is 0 Å². The van der Waals surface area contributed by atoms with Gasteiger partial charge in [0.05, 0.1) is 15.2 Å². The van der Waals surface area contributed by atoms with Gasteiger partial charge in [0.1, 0.15) is 5.82 Å². The molecule has 0 atom stereocenters. The van der Waals surface area contributed by atoms with Crippen LogP contribution in [0.3, 0.4) is 0 Å². The molecule has 2 aromatic rings. The molecular formula is C9H8BrFN2S. The number of benzene rings is 1. The van der Waals surface area contributed by atoms with Gasteiger partial charge in [-0.15, -0.1) is 11.3 Å². The van der Waals surface area contributed by atoms with Gasteiger partial charge in [0.25, 0.3) is 0 Å². The molecule has 74 valence electrons. The molecule has 0 fully saturated rings. The summed E-state index contributed by atoms with van der Waals surface area (Å²) in [4.78, 5) is 4.37. The molecule has 0 aliphatic carbocycles. The van der Waals surface area contributed by atoms with Crippen molar-refractivity contribution in [2.24, 2.45) is 5.73 Å². The van der Waals surface area contributed by atoms with Gasteiger partial charge in [-0.25, -0.2) is 9.37 Å². The summed E-state index contributed by atoms with van der Waals surface area (Å²) in [7, 11) is 0. The molecule has 1 heterocycles. The van der Waals surface area contributed by atoms with E-state index >= 15 is 0 Å². The Morgan fingerprint density at radius 2 is 2.29 bits per heavy atom. The highest BCUT2D eigenvalue weighted by Crippen LogP contribution is 2.29. The highest BCUT2D eigenvalue weighted by Gasteiger charge is 2.08. The second kappa shape index (κ2) is 3.92. The van der Waals surface area contributed by atoms with Crippen LogP contribution in [0.2, 0.25) is 0 Å². The normalized spacial score (nSPS) is 11.1. The minimum absolute atomic E-state index is 0.243. The maximum Gasteiger partial charge on any atom is 0.125 e. The van der Waals surface area contributed by atoms with E-state index in [-0.39, 0.29) is 5.82 Å². The van der Waals surface area contributed by atoms with Crippen molar-refractivity contribution in [1.82, 2.24) is 4.98 Å². The smallest absolute Gasteiger partial charge is 0.125 e. The van der Waals surface area contributed by atoms with Gasteiger partial charge < -0.3 is 5.73 Å². The molecule has 0 spiro atoms. The predicted molar refractivity (Wildman–Crippen MR) is 60.0 cm³/mol. The van der Waals surface area contributed by atoms with Crippen LogP contribution in [0.15, 0.2) is 16.6 Å². The number of thiazole rings is 1. The number of hydrogen-bond acceptors (Lipinski definition) is 3. The fourth-order valence-electron chi connectivity index (χ4n) is 1.23. The molecule has 0 unspecified atom stereocenters. The molecule has 1 aromatic heterocycles. The zero-order valence-corrected chi connectivity index (χ0v) is 9.66. The van der Waals surface area contributed by atoms with E-state index in [2.05, 4.69) is 20.9 Å². The Morgan fingerprint density at radius 3 is 3.00 bits per heavy atom. The molecule has 0 bridgehead atoms. The highest BCUT2D eigenvalue weighted by atomic mass is 79.9. The highest BCUT2D eigenvalue weighted by molar-refractivity contribution is 9.10. The van der Waals surface area contributed by atoms with Crippen LogP contribution in [0.4, 0.5) is 4.39 Å². The summed E-state index contributed by atoms with van der Waals surface area (Å²) in [5.41, 5.74) is 6.25. The average molecular weight is 275 g/mol. The third kappa shape index (κ3) is 1.80. The fourth-order valence-corrected chi connectivity index (χ4v) is 2.92. The molecule has 2 rings (SSSR count). The minimum atomic E-state index is -0.243. The molecule has 0 aliphatic rings. The van der Waals surface area contributed by atoms with Crippen LogP contribution < -0.4 is 5.73 Å². The van der Waals surface area contributed by atoms with Crippen molar-refractivity contribution in [2.45, 2.75) is 6.42 Å². The van der Waals surface area contributed by atoms with Crippen molar-refractivity contribution in [3.05, 3.63) is 27.4 Å². The molecule has 2 N–H and O–H groups in total. The molecular weight excluding hydrogens is 267 g/mol. The van der Waals surface area contributed by atoms with Crippen molar-refractivity contribution < 1.29 is 4.39 Å². The summed E-state index contributed by atoms with van der Waals surface area (Å²) in [5.74, 6) is -0.243. The van der Waals surface area contributed by atoms with E-state index < -0.39 is 0 Å². The van der Waals surface area contributed by atoms with E-state index in [1.165, 1.54) is 23.5 Å². The van der Waals surface area contributed by atoms with Crippen LogP contribution >= 0.6 is 27.3 Å². The molecule has 14 heavy (non-hydrogen) atoms. The van der Waals surface area contributed by atoms with Crippen LogP contribution in [0.1, 0.15) is 5.01 Å². The van der Waals surface area contributed by atoms with E-state index in [0.717, 1.165) is 21.6 Å². The predicted octanol–water partition coefficient (Wildman–Crippen LogP) is 2.70. The molecule has 0 saturated heterocycles. The molecule has 5 heteroatoms. The Balaban J connectivity index is 2.58. The van der Waals surface area contributed by atoms with Crippen LogP contribution in [0.25, 0.3) is 10.2 Å². The lowest BCUT2D eigenvalue weighted by Gasteiger charge is -1.91. The Hall–Kier alpha value is -0.520. The standard InChI is InChI=1S/C9H8BrFN2S/c10-6-3-5(11)4-7-9(6)13-8(14-7)1-2-12/h3-4H,1-2,12H2. The van der Waals surface area contributed by atoms with Gasteiger partial charge in [-0.2, -0.15) is 0 Å². The summed E-state index contributed by atoms with van der Waals surface area (Å²) >= 11 is 4.77. The van der Waals surface area contributed by atoms with E-state index in [4.69, 9.17) is 5.73 Å². The lowest BCUT2D eigenvalue weighted by molar-refractivity contribution is 0.629. The van der Waals surface area contributed by atoms with Crippen LogP contribution in [-0.2, 0) is 6.42 Å². The van der Waals surface area contributed by atoms with E-state index in [9.17, 15) is 4.39 Å². The zero-order valence-electron chi connectivity index (χ0n) is 7.26. The van der Waals surface area contributed by atoms with Crippen LogP contribution in [-0.4, -0.2) is 11.5 Å². The molecule has 2 nitrogen and oxygen atoms in total. The zero-order chi connectivity index (χ0) is 10.1. The number of fused-ring (bicyclic) bond motifs is 1. The Kier molecular flexibility index (Phi) is 2.80. The lowest BCUT2D eigenvalue weighted by atomic mass is 10.3. The van der Waals surface area contributed by atoms with E-state index in [1.807, 2.05) is 0 Å². The van der Waals surface area contributed by atoms with Crippen molar-refractivity contribution in [3.8, 4) is 0 Å². The summed E-state index contributed by atoms with van der Waals surface area (Å²) in [6.45, 7) is 0.569. The molecule has 0 aliphatic heterocycles. The second-order valence-corrected chi connectivity index (χ2v) is 4.85. The van der Waals surface area contributed by atoms with Crippen molar-refractivity contribution >= 4 is 37.5 Å². The average Bonchev–Trinajstić information content (AvgIpc) is 2.48. The SMILES string of the molecule is NCCc1nc2c(Br)cc(F)cc2s1. The first kappa shape index (κ1) is 10.0. The van der Waals surface area contributed by atoms with Gasteiger partial charge >= 0.3 is 0 Å². The summed E-state index contributed by atoms with van der Waals surface area (Å²) in [6.07, 6.45) is 0.743. The van der Waals surface area contributed by atoms with Gasteiger partial charge in [-0.05, 0) is 34.6 Å². The number of halogens is 2. The maximum absolute atomic E-state index is 13.0. The van der Waals surface area contributed by atoms with Crippen molar-refractivity contribution in [1.29, 1.82) is 0 Å². The van der Waals surface area contributed by atoms with Gasteiger partial charge in [0, 0.05) is 10.9 Å². The Labute approximate surface area is 93.1 Å². The monoisotopic (exact) mass is 274 g/mol. The number of nitrogens with zero attached hydrogens (tertiary/aromatic N) is 1. The van der Waals surface area contributed by atoms with Crippen molar-refractivity contribution in [2.75, 3.05) is 6.54 Å². The first-order valence-electron chi connectivity index (χ1n) is 4.15. The first-order chi connectivity index (χ1) is 6.70. The maximum atomic E-state index is 13.0. The molecule has 0 radical (unpaired) electrons. The van der Waals surface area contributed by atoms with E-state index in [1.54, 1.807) is 0 Å². The number of hydrogen-bond donors (Lipinski definition) is 1. The number of nitrogens with two attached hydrogens (primary N) is 1. The molecule has 1 aromatic carbocycles. The topological polar surface area (TPSA) is 38.9 Å². The third-order valence-corrected chi connectivity index (χ3v) is 3.48. The largest absolute Gasteiger partial charge is 0.330 e. The first-order valence-corrected chi connectivity index (χ1v) is 5.76. The van der Waals surface area contributed by atoms with Gasteiger partial charge in [0.2, 0.25) is 0 Å². The van der Waals surface area contributed by atoms with Gasteiger partial charge in [0.15, 0.2) is 0 Å². The number of rotatable bonds is 2. The van der Waals surface area contributed by atoms with Crippen LogP contribution in [0.5, 0.6) is 0 Å². The summed E-state index contributed by atoms with van der Waals surface area (Å²) in [6, 6.07) is 2.92. The molecule has 0 amide bonds. The Bertz CT molecular complexity index is 469. The lowest BCUT2D eigenvalue weighted by Crippen LogP contribution is -2.01. The summed E-state index contributed by atoms with van der Waals surface area (Å²) < 4.78 is 14.6. The fraction of sp³-hybridized carbons (Fsp3) is 0.222.